The van der Waals surface area contributed by atoms with Gasteiger partial charge in [0, 0.05) is 5.69 Å². The molecule has 3 rings (SSSR count). The van der Waals surface area contributed by atoms with Gasteiger partial charge in [-0.1, -0.05) is 12.1 Å². The van der Waals surface area contributed by atoms with E-state index in [1.807, 2.05) is 0 Å². The molecule has 26 heavy (non-hydrogen) atoms. The molecule has 1 amide bonds. The SMILES string of the molecule is CCOC(=O)c1ccc(NC(=O)C2Nc3ccccc3S(=O)(=O)N2)cc1. The number of nitrogens with one attached hydrogen (secondary N) is 3. The number of benzene rings is 2. The lowest BCUT2D eigenvalue weighted by Crippen LogP contribution is -2.51. The Morgan fingerprint density at radius 2 is 1.81 bits per heavy atom. The van der Waals surface area contributed by atoms with Crippen LogP contribution in [0, 0.1) is 0 Å². The van der Waals surface area contributed by atoms with Crippen LogP contribution < -0.4 is 15.4 Å². The maximum atomic E-state index is 12.4. The quantitative estimate of drug-likeness (QED) is 0.699. The van der Waals surface area contributed by atoms with Gasteiger partial charge in [0.25, 0.3) is 5.91 Å². The average molecular weight is 375 g/mol. The molecule has 1 aliphatic heterocycles. The van der Waals surface area contributed by atoms with Crippen molar-refractivity contribution in [2.75, 3.05) is 17.2 Å². The first-order valence-electron chi connectivity index (χ1n) is 7.86. The van der Waals surface area contributed by atoms with Gasteiger partial charge in [-0.15, -0.1) is 0 Å². The number of anilines is 2. The Labute approximate surface area is 150 Å². The highest BCUT2D eigenvalue weighted by molar-refractivity contribution is 7.89. The van der Waals surface area contributed by atoms with Gasteiger partial charge in [-0.3, -0.25) is 4.79 Å². The number of rotatable bonds is 4. The van der Waals surface area contributed by atoms with E-state index < -0.39 is 28.1 Å². The molecule has 0 saturated carbocycles. The normalized spacial score (nSPS) is 17.5. The van der Waals surface area contributed by atoms with E-state index in [2.05, 4.69) is 15.4 Å². The molecule has 0 fully saturated rings. The number of amides is 1. The van der Waals surface area contributed by atoms with E-state index in [4.69, 9.17) is 4.74 Å². The van der Waals surface area contributed by atoms with E-state index in [-0.39, 0.29) is 11.5 Å². The molecule has 0 spiro atoms. The highest BCUT2D eigenvalue weighted by Gasteiger charge is 2.32. The number of carbonyl (C=O) groups is 2. The lowest BCUT2D eigenvalue weighted by Gasteiger charge is -2.27. The second-order valence-electron chi connectivity index (χ2n) is 5.48. The highest BCUT2D eigenvalue weighted by atomic mass is 32.2. The molecule has 1 atom stereocenters. The smallest absolute Gasteiger partial charge is 0.338 e. The van der Waals surface area contributed by atoms with Gasteiger partial charge in [-0.2, -0.15) is 4.72 Å². The lowest BCUT2D eigenvalue weighted by molar-refractivity contribution is -0.117. The van der Waals surface area contributed by atoms with Gasteiger partial charge in [0.1, 0.15) is 4.90 Å². The standard InChI is InChI=1S/C17H17N3O5S/c1-2-25-17(22)11-7-9-12(10-8-11)18-16(21)15-19-13-5-3-4-6-14(13)26(23,24)20-15/h3-10,15,19-20H,2H2,1H3,(H,18,21). The molecule has 1 aliphatic rings. The number of para-hydroxylation sites is 1. The molecule has 3 N–H and O–H groups in total. The number of ether oxygens (including phenoxy) is 1. The van der Waals surface area contributed by atoms with Crippen molar-refractivity contribution in [3.8, 4) is 0 Å². The first kappa shape index (κ1) is 17.9. The van der Waals surface area contributed by atoms with Gasteiger partial charge in [-0.25, -0.2) is 13.2 Å². The summed E-state index contributed by atoms with van der Waals surface area (Å²) in [6.07, 6.45) is -1.15. The Morgan fingerprint density at radius 3 is 2.50 bits per heavy atom. The number of fused-ring (bicyclic) bond motifs is 1. The Hall–Kier alpha value is -2.91. The largest absolute Gasteiger partial charge is 0.462 e. The fourth-order valence-corrected chi connectivity index (χ4v) is 3.74. The molecule has 9 heteroatoms. The van der Waals surface area contributed by atoms with Gasteiger partial charge in [0.05, 0.1) is 17.9 Å². The molecule has 2 aromatic rings. The Balaban J connectivity index is 1.72. The summed E-state index contributed by atoms with van der Waals surface area (Å²) < 4.78 is 31.7. The predicted molar refractivity (Wildman–Crippen MR) is 95.2 cm³/mol. The number of hydrogen-bond donors (Lipinski definition) is 3. The summed E-state index contributed by atoms with van der Waals surface area (Å²) in [6.45, 7) is 1.98. The van der Waals surface area contributed by atoms with Crippen LogP contribution in [-0.4, -0.2) is 33.1 Å². The molecule has 0 radical (unpaired) electrons. The number of hydrogen-bond acceptors (Lipinski definition) is 6. The second-order valence-corrected chi connectivity index (χ2v) is 7.16. The van der Waals surface area contributed by atoms with Crippen LogP contribution in [0.4, 0.5) is 11.4 Å². The summed E-state index contributed by atoms with van der Waals surface area (Å²) in [5, 5.41) is 5.44. The van der Waals surface area contributed by atoms with Crippen LogP contribution >= 0.6 is 0 Å². The number of sulfonamides is 1. The van der Waals surface area contributed by atoms with Crippen molar-refractivity contribution in [3.05, 3.63) is 54.1 Å². The Kier molecular flexibility index (Phi) is 4.92. The Morgan fingerprint density at radius 1 is 1.12 bits per heavy atom. The van der Waals surface area contributed by atoms with Crippen molar-refractivity contribution in [2.24, 2.45) is 0 Å². The summed E-state index contributed by atoms with van der Waals surface area (Å²) in [5.74, 6) is -1.03. The number of esters is 1. The zero-order chi connectivity index (χ0) is 18.7. The molecule has 0 saturated heterocycles. The summed E-state index contributed by atoms with van der Waals surface area (Å²) in [6, 6.07) is 12.4. The molecular formula is C17H17N3O5S. The van der Waals surface area contributed by atoms with Crippen molar-refractivity contribution in [1.82, 2.24) is 4.72 Å². The van der Waals surface area contributed by atoms with Gasteiger partial charge in [0.2, 0.25) is 10.0 Å². The van der Waals surface area contributed by atoms with Crippen LogP contribution in [0.2, 0.25) is 0 Å². The van der Waals surface area contributed by atoms with Crippen molar-refractivity contribution < 1.29 is 22.7 Å². The number of carbonyl (C=O) groups excluding carboxylic acids is 2. The van der Waals surface area contributed by atoms with E-state index in [1.54, 1.807) is 25.1 Å². The summed E-state index contributed by atoms with van der Waals surface area (Å²) >= 11 is 0. The molecule has 0 bridgehead atoms. The fourth-order valence-electron chi connectivity index (χ4n) is 2.46. The van der Waals surface area contributed by atoms with Gasteiger partial charge >= 0.3 is 5.97 Å². The summed E-state index contributed by atoms with van der Waals surface area (Å²) in [4.78, 5) is 24.1. The molecular weight excluding hydrogens is 358 g/mol. The van der Waals surface area contributed by atoms with Crippen molar-refractivity contribution >= 4 is 33.3 Å². The van der Waals surface area contributed by atoms with Crippen molar-refractivity contribution in [2.45, 2.75) is 18.0 Å². The molecule has 0 aliphatic carbocycles. The van der Waals surface area contributed by atoms with Crippen LogP contribution in [0.5, 0.6) is 0 Å². The topological polar surface area (TPSA) is 114 Å². The minimum absolute atomic E-state index is 0.0860. The lowest BCUT2D eigenvalue weighted by atomic mass is 10.2. The summed E-state index contributed by atoms with van der Waals surface area (Å²) in [7, 11) is -3.79. The van der Waals surface area contributed by atoms with E-state index in [9.17, 15) is 18.0 Å². The predicted octanol–water partition coefficient (Wildman–Crippen LogP) is 1.53. The van der Waals surface area contributed by atoms with E-state index in [0.29, 0.717) is 16.9 Å². The molecule has 1 unspecified atom stereocenters. The third kappa shape index (κ3) is 3.68. The maximum absolute atomic E-state index is 12.4. The molecule has 0 aromatic heterocycles. The zero-order valence-corrected chi connectivity index (χ0v) is 14.7. The van der Waals surface area contributed by atoms with Crippen molar-refractivity contribution in [1.29, 1.82) is 0 Å². The van der Waals surface area contributed by atoms with E-state index >= 15 is 0 Å². The third-order valence-electron chi connectivity index (χ3n) is 3.68. The van der Waals surface area contributed by atoms with Gasteiger partial charge < -0.3 is 15.4 Å². The highest BCUT2D eigenvalue weighted by Crippen LogP contribution is 2.25. The van der Waals surface area contributed by atoms with Crippen LogP contribution in [-0.2, 0) is 19.6 Å². The van der Waals surface area contributed by atoms with Gasteiger partial charge in [-0.05, 0) is 43.3 Å². The Bertz CT molecular complexity index is 941. The van der Waals surface area contributed by atoms with E-state index in [0.717, 1.165) is 0 Å². The zero-order valence-electron chi connectivity index (χ0n) is 13.9. The maximum Gasteiger partial charge on any atom is 0.338 e. The average Bonchev–Trinajstić information content (AvgIpc) is 2.62. The van der Waals surface area contributed by atoms with Crippen LogP contribution in [0.15, 0.2) is 53.4 Å². The van der Waals surface area contributed by atoms with Crippen LogP contribution in [0.3, 0.4) is 0 Å². The minimum Gasteiger partial charge on any atom is -0.462 e. The molecule has 1 heterocycles. The molecule has 136 valence electrons. The van der Waals surface area contributed by atoms with Crippen LogP contribution in [0.1, 0.15) is 17.3 Å². The second kappa shape index (κ2) is 7.14. The summed E-state index contributed by atoms with van der Waals surface area (Å²) in [5.41, 5.74) is 1.13. The van der Waals surface area contributed by atoms with E-state index in [1.165, 1.54) is 30.3 Å². The van der Waals surface area contributed by atoms with Crippen LogP contribution in [0.25, 0.3) is 0 Å². The molecule has 2 aromatic carbocycles. The monoisotopic (exact) mass is 375 g/mol. The first-order valence-corrected chi connectivity index (χ1v) is 9.35. The van der Waals surface area contributed by atoms with Gasteiger partial charge in [0.15, 0.2) is 6.17 Å². The minimum atomic E-state index is -3.79. The fraction of sp³-hybridized carbons (Fsp3) is 0.176. The third-order valence-corrected chi connectivity index (χ3v) is 5.16. The molecule has 8 nitrogen and oxygen atoms in total. The first-order chi connectivity index (χ1) is 12.4. The van der Waals surface area contributed by atoms with Crippen molar-refractivity contribution in [3.63, 3.8) is 0 Å².